The van der Waals surface area contributed by atoms with Gasteiger partial charge >= 0.3 is 0 Å². The van der Waals surface area contributed by atoms with Gasteiger partial charge in [-0.25, -0.2) is 8.42 Å². The molecule has 1 unspecified atom stereocenters. The Morgan fingerprint density at radius 2 is 1.95 bits per heavy atom. The molecule has 2 rings (SSSR count). The Morgan fingerprint density at radius 1 is 1.26 bits per heavy atom. The van der Waals surface area contributed by atoms with E-state index in [0.29, 0.717) is 0 Å². The lowest BCUT2D eigenvalue weighted by molar-refractivity contribution is 0.598. The third-order valence-electron chi connectivity index (χ3n) is 2.66. The van der Waals surface area contributed by atoms with Crippen molar-refractivity contribution in [3.8, 4) is 11.3 Å². The van der Waals surface area contributed by atoms with Crippen LogP contribution in [-0.2, 0) is 9.84 Å². The third kappa shape index (κ3) is 4.10. The number of H-pyrrole nitrogens is 1. The molecule has 0 amide bonds. The van der Waals surface area contributed by atoms with Crippen LogP contribution in [0.4, 0.5) is 5.69 Å². The van der Waals surface area contributed by atoms with Crippen molar-refractivity contribution in [2.24, 2.45) is 0 Å². The summed E-state index contributed by atoms with van der Waals surface area (Å²) < 4.78 is 22.4. The number of nitrogens with zero attached hydrogens (tertiary/aromatic N) is 1. The number of nitrogens with one attached hydrogen (secondary N) is 2. The summed E-state index contributed by atoms with van der Waals surface area (Å²) in [4.78, 5) is 0. The van der Waals surface area contributed by atoms with Gasteiger partial charge in [-0.15, -0.1) is 0 Å². The second-order valence-corrected chi connectivity index (χ2v) is 6.87. The first-order chi connectivity index (χ1) is 8.94. The molecule has 0 aliphatic rings. The fraction of sp³-hybridized carbons (Fsp3) is 0.308. The van der Waals surface area contributed by atoms with E-state index in [-0.39, 0.29) is 11.8 Å². The van der Waals surface area contributed by atoms with Crippen molar-refractivity contribution in [2.45, 2.75) is 13.0 Å². The van der Waals surface area contributed by atoms with E-state index in [0.717, 1.165) is 16.9 Å². The maximum Gasteiger partial charge on any atom is 0.149 e. The Bertz CT molecular complexity index is 618. The predicted molar refractivity (Wildman–Crippen MR) is 76.8 cm³/mol. The molecule has 1 heterocycles. The van der Waals surface area contributed by atoms with Crippen molar-refractivity contribution in [1.29, 1.82) is 0 Å². The molecular formula is C13H17N3O2S. The van der Waals surface area contributed by atoms with Gasteiger partial charge in [-0.3, -0.25) is 5.10 Å². The smallest absolute Gasteiger partial charge is 0.149 e. The van der Waals surface area contributed by atoms with Crippen LogP contribution >= 0.6 is 0 Å². The first-order valence-corrected chi connectivity index (χ1v) is 8.04. The zero-order chi connectivity index (χ0) is 13.9. The second-order valence-electron chi connectivity index (χ2n) is 4.69. The summed E-state index contributed by atoms with van der Waals surface area (Å²) in [6.07, 6.45) is 2.95. The first-order valence-electron chi connectivity index (χ1n) is 5.98. The molecule has 2 N–H and O–H groups in total. The van der Waals surface area contributed by atoms with Gasteiger partial charge in [-0.1, -0.05) is 12.1 Å². The molecule has 0 saturated carbocycles. The predicted octanol–water partition coefficient (Wildman–Crippen LogP) is 1.92. The Kier molecular flexibility index (Phi) is 3.90. The highest BCUT2D eigenvalue weighted by Crippen LogP contribution is 2.19. The minimum atomic E-state index is -2.96. The molecule has 6 heteroatoms. The molecule has 0 saturated heterocycles. The van der Waals surface area contributed by atoms with Gasteiger partial charge in [0.25, 0.3) is 0 Å². The Labute approximate surface area is 113 Å². The summed E-state index contributed by atoms with van der Waals surface area (Å²) in [5, 5.41) is 9.96. The molecule has 1 aromatic carbocycles. The number of aromatic nitrogens is 2. The minimum Gasteiger partial charge on any atom is -0.382 e. The standard InChI is InChI=1S/C13H17N3O2S/c1-10(9-19(2,17)18)15-12-5-3-11(4-6-12)13-7-8-14-16-13/h3-8,10,15H,9H2,1-2H3,(H,14,16). The summed E-state index contributed by atoms with van der Waals surface area (Å²) in [5.41, 5.74) is 2.90. The van der Waals surface area contributed by atoms with Crippen LogP contribution in [0.3, 0.4) is 0 Å². The molecule has 2 aromatic rings. The van der Waals surface area contributed by atoms with E-state index in [9.17, 15) is 8.42 Å². The van der Waals surface area contributed by atoms with E-state index in [1.807, 2.05) is 37.3 Å². The Hall–Kier alpha value is -1.82. The van der Waals surface area contributed by atoms with Crippen molar-refractivity contribution in [2.75, 3.05) is 17.3 Å². The second kappa shape index (κ2) is 5.44. The van der Waals surface area contributed by atoms with E-state index in [2.05, 4.69) is 15.5 Å². The molecule has 1 aromatic heterocycles. The van der Waals surface area contributed by atoms with Gasteiger partial charge in [0.1, 0.15) is 9.84 Å². The van der Waals surface area contributed by atoms with Crippen LogP contribution in [-0.4, -0.2) is 36.7 Å². The van der Waals surface area contributed by atoms with Crippen molar-refractivity contribution >= 4 is 15.5 Å². The Balaban J connectivity index is 2.03. The van der Waals surface area contributed by atoms with Crippen LogP contribution in [0.15, 0.2) is 36.5 Å². The summed E-state index contributed by atoms with van der Waals surface area (Å²) in [6, 6.07) is 9.55. The van der Waals surface area contributed by atoms with Crippen LogP contribution in [0.25, 0.3) is 11.3 Å². The van der Waals surface area contributed by atoms with E-state index < -0.39 is 9.84 Å². The molecule has 0 bridgehead atoms. The van der Waals surface area contributed by atoms with Gasteiger partial charge in [0.15, 0.2) is 0 Å². The quantitative estimate of drug-likeness (QED) is 0.877. The van der Waals surface area contributed by atoms with Crippen molar-refractivity contribution in [1.82, 2.24) is 10.2 Å². The third-order valence-corrected chi connectivity index (χ3v) is 3.77. The number of aromatic amines is 1. The van der Waals surface area contributed by atoms with Gasteiger partial charge in [-0.05, 0) is 30.7 Å². The monoisotopic (exact) mass is 279 g/mol. The molecule has 0 aliphatic carbocycles. The number of sulfone groups is 1. The lowest BCUT2D eigenvalue weighted by Crippen LogP contribution is -2.24. The zero-order valence-electron chi connectivity index (χ0n) is 10.9. The fourth-order valence-corrected chi connectivity index (χ4v) is 2.93. The van der Waals surface area contributed by atoms with Gasteiger partial charge in [-0.2, -0.15) is 5.10 Å². The van der Waals surface area contributed by atoms with Crippen LogP contribution in [0.5, 0.6) is 0 Å². The van der Waals surface area contributed by atoms with Crippen LogP contribution < -0.4 is 5.32 Å². The lowest BCUT2D eigenvalue weighted by atomic mass is 10.1. The molecule has 102 valence electrons. The van der Waals surface area contributed by atoms with Crippen molar-refractivity contribution in [3.63, 3.8) is 0 Å². The molecule has 5 nitrogen and oxygen atoms in total. The molecule has 1 atom stereocenters. The van der Waals surface area contributed by atoms with E-state index in [1.165, 1.54) is 6.26 Å². The number of hydrogen-bond donors (Lipinski definition) is 2. The number of rotatable bonds is 5. The van der Waals surface area contributed by atoms with Gasteiger partial charge in [0.05, 0.1) is 11.4 Å². The van der Waals surface area contributed by atoms with E-state index >= 15 is 0 Å². The molecule has 0 aliphatic heterocycles. The van der Waals surface area contributed by atoms with Gasteiger partial charge in [0.2, 0.25) is 0 Å². The molecule has 0 spiro atoms. The number of benzene rings is 1. The molecule has 19 heavy (non-hydrogen) atoms. The summed E-state index contributed by atoms with van der Waals surface area (Å²) in [5.74, 6) is 0.120. The van der Waals surface area contributed by atoms with Crippen LogP contribution in [0, 0.1) is 0 Å². The maximum atomic E-state index is 11.2. The molecular weight excluding hydrogens is 262 g/mol. The van der Waals surface area contributed by atoms with Crippen molar-refractivity contribution < 1.29 is 8.42 Å². The average molecular weight is 279 g/mol. The minimum absolute atomic E-state index is 0.118. The maximum absolute atomic E-state index is 11.2. The van der Waals surface area contributed by atoms with Gasteiger partial charge < -0.3 is 5.32 Å². The van der Waals surface area contributed by atoms with E-state index in [1.54, 1.807) is 6.20 Å². The number of anilines is 1. The fourth-order valence-electron chi connectivity index (χ4n) is 1.94. The SMILES string of the molecule is CC(CS(C)(=O)=O)Nc1ccc(-c2ccn[nH]2)cc1. The Morgan fingerprint density at radius 3 is 2.47 bits per heavy atom. The largest absolute Gasteiger partial charge is 0.382 e. The lowest BCUT2D eigenvalue weighted by Gasteiger charge is -2.14. The topological polar surface area (TPSA) is 74.8 Å². The van der Waals surface area contributed by atoms with Crippen molar-refractivity contribution in [3.05, 3.63) is 36.5 Å². The first kappa shape index (κ1) is 13.6. The van der Waals surface area contributed by atoms with E-state index in [4.69, 9.17) is 0 Å². The highest BCUT2D eigenvalue weighted by molar-refractivity contribution is 7.90. The van der Waals surface area contributed by atoms with Crippen LogP contribution in [0.2, 0.25) is 0 Å². The summed E-state index contributed by atoms with van der Waals surface area (Å²) in [7, 11) is -2.96. The molecule has 0 fully saturated rings. The zero-order valence-corrected chi connectivity index (χ0v) is 11.7. The normalized spacial score (nSPS) is 13.2. The highest BCUT2D eigenvalue weighted by atomic mass is 32.2. The molecule has 0 radical (unpaired) electrons. The average Bonchev–Trinajstić information content (AvgIpc) is 2.80. The summed E-state index contributed by atoms with van der Waals surface area (Å²) >= 11 is 0. The summed E-state index contributed by atoms with van der Waals surface area (Å²) in [6.45, 7) is 1.85. The van der Waals surface area contributed by atoms with Crippen LogP contribution in [0.1, 0.15) is 6.92 Å². The number of hydrogen-bond acceptors (Lipinski definition) is 4. The van der Waals surface area contributed by atoms with Gasteiger partial charge in [0, 0.05) is 24.2 Å². The highest BCUT2D eigenvalue weighted by Gasteiger charge is 2.10.